The lowest BCUT2D eigenvalue weighted by atomic mass is 9.95. The summed E-state index contributed by atoms with van der Waals surface area (Å²) in [7, 11) is 0. The van der Waals surface area contributed by atoms with Crippen LogP contribution in [0, 0.1) is 12.8 Å². The summed E-state index contributed by atoms with van der Waals surface area (Å²) in [6.45, 7) is 2.36. The summed E-state index contributed by atoms with van der Waals surface area (Å²) < 4.78 is 0. The molecule has 0 radical (unpaired) electrons. The fourth-order valence-electron chi connectivity index (χ4n) is 3.50. The van der Waals surface area contributed by atoms with Crippen molar-refractivity contribution >= 4 is 5.91 Å². The average molecular weight is 304 g/mol. The molecular formula is C16H24N4O2. The smallest absolute Gasteiger partial charge is 0.223 e. The maximum absolute atomic E-state index is 12.2. The molecule has 22 heavy (non-hydrogen) atoms. The number of carbonyl (C=O) groups is 1. The topological polar surface area (TPSA) is 101 Å². The van der Waals surface area contributed by atoms with Crippen molar-refractivity contribution in [1.29, 1.82) is 0 Å². The van der Waals surface area contributed by atoms with Crippen molar-refractivity contribution in [3.63, 3.8) is 0 Å². The number of nitrogens with zero attached hydrogens (tertiary/aromatic N) is 2. The van der Waals surface area contributed by atoms with Gasteiger partial charge in [0.1, 0.15) is 5.82 Å². The highest BCUT2D eigenvalue weighted by Crippen LogP contribution is 2.25. The highest BCUT2D eigenvalue weighted by atomic mass is 16.3. The van der Waals surface area contributed by atoms with E-state index in [1.165, 1.54) is 18.4 Å². The van der Waals surface area contributed by atoms with Crippen LogP contribution in [0.3, 0.4) is 0 Å². The number of nitrogens with one attached hydrogen (secondary N) is 1. The van der Waals surface area contributed by atoms with Crippen LogP contribution < -0.4 is 11.1 Å². The van der Waals surface area contributed by atoms with Crippen LogP contribution in [0.15, 0.2) is 0 Å². The van der Waals surface area contributed by atoms with Crippen molar-refractivity contribution in [2.75, 3.05) is 0 Å². The Kier molecular flexibility index (Phi) is 4.40. The van der Waals surface area contributed by atoms with Crippen molar-refractivity contribution in [1.82, 2.24) is 15.3 Å². The molecule has 0 bridgehead atoms. The van der Waals surface area contributed by atoms with E-state index < -0.39 is 6.10 Å². The number of fused-ring (bicyclic) bond motifs is 1. The lowest BCUT2D eigenvalue weighted by Crippen LogP contribution is -2.31. The van der Waals surface area contributed by atoms with Gasteiger partial charge < -0.3 is 16.2 Å². The Hall–Kier alpha value is -1.53. The Balaban J connectivity index is 1.62. The molecule has 0 spiro atoms. The molecule has 0 aliphatic heterocycles. The zero-order valence-electron chi connectivity index (χ0n) is 13.0. The predicted molar refractivity (Wildman–Crippen MR) is 82.0 cm³/mol. The standard InChI is InChI=1S/C16H24N4O2/c1-9-11-4-2-3-5-13(11)20-15(19-9)8-18-16(22)10-6-12(17)14(21)7-10/h10,12,14,21H,2-8,17H2,1H3,(H,18,22)/t10-,12+,14+/m0/s1. The summed E-state index contributed by atoms with van der Waals surface area (Å²) in [4.78, 5) is 21.3. The quantitative estimate of drug-likeness (QED) is 0.749. The van der Waals surface area contributed by atoms with Gasteiger partial charge in [-0.25, -0.2) is 9.97 Å². The van der Waals surface area contributed by atoms with E-state index >= 15 is 0 Å². The highest BCUT2D eigenvalue weighted by molar-refractivity contribution is 5.79. The molecule has 1 aromatic heterocycles. The van der Waals surface area contributed by atoms with Gasteiger partial charge in [-0.05, 0) is 51.0 Å². The monoisotopic (exact) mass is 304 g/mol. The number of aromatic nitrogens is 2. The van der Waals surface area contributed by atoms with E-state index in [1.807, 2.05) is 6.92 Å². The fraction of sp³-hybridized carbons (Fsp3) is 0.688. The molecule has 2 aliphatic carbocycles. The van der Waals surface area contributed by atoms with Gasteiger partial charge >= 0.3 is 0 Å². The molecule has 0 unspecified atom stereocenters. The second-order valence-electron chi connectivity index (χ2n) is 6.47. The zero-order valence-corrected chi connectivity index (χ0v) is 13.0. The minimum Gasteiger partial charge on any atom is -0.391 e. The third kappa shape index (κ3) is 3.13. The van der Waals surface area contributed by atoms with E-state index in [9.17, 15) is 9.90 Å². The molecule has 1 heterocycles. The van der Waals surface area contributed by atoms with E-state index in [-0.39, 0.29) is 17.9 Å². The molecule has 3 rings (SSSR count). The maximum Gasteiger partial charge on any atom is 0.223 e. The Bertz CT molecular complexity index is 566. The molecule has 120 valence electrons. The van der Waals surface area contributed by atoms with Crippen molar-refractivity contribution < 1.29 is 9.90 Å². The molecule has 4 N–H and O–H groups in total. The number of rotatable bonds is 3. The number of nitrogens with two attached hydrogens (primary N) is 1. The largest absolute Gasteiger partial charge is 0.391 e. The number of aliphatic hydroxyl groups is 1. The average Bonchev–Trinajstić information content (AvgIpc) is 2.84. The van der Waals surface area contributed by atoms with Crippen LogP contribution in [0.25, 0.3) is 0 Å². The van der Waals surface area contributed by atoms with E-state index in [1.54, 1.807) is 0 Å². The van der Waals surface area contributed by atoms with Crippen LogP contribution in [-0.4, -0.2) is 33.1 Å². The maximum atomic E-state index is 12.2. The lowest BCUT2D eigenvalue weighted by molar-refractivity contribution is -0.125. The van der Waals surface area contributed by atoms with Gasteiger partial charge in [-0.1, -0.05) is 0 Å². The number of aryl methyl sites for hydroxylation is 2. The summed E-state index contributed by atoms with van der Waals surface area (Å²) in [5.74, 6) is 0.407. The van der Waals surface area contributed by atoms with Gasteiger partial charge in [0.25, 0.3) is 0 Å². The second-order valence-corrected chi connectivity index (χ2v) is 6.47. The van der Waals surface area contributed by atoms with Crippen LogP contribution in [0.1, 0.15) is 48.5 Å². The van der Waals surface area contributed by atoms with Crippen molar-refractivity contribution in [3.05, 3.63) is 22.8 Å². The third-order valence-electron chi connectivity index (χ3n) is 4.80. The normalized spacial score (nSPS) is 27.5. The first kappa shape index (κ1) is 15.4. The number of aliphatic hydroxyl groups excluding tert-OH is 1. The third-order valence-corrected chi connectivity index (χ3v) is 4.80. The van der Waals surface area contributed by atoms with Gasteiger partial charge in [0.05, 0.1) is 12.6 Å². The number of amides is 1. The van der Waals surface area contributed by atoms with E-state index in [0.29, 0.717) is 25.2 Å². The number of carbonyl (C=O) groups excluding carboxylic acids is 1. The van der Waals surface area contributed by atoms with E-state index in [0.717, 1.165) is 24.2 Å². The first-order chi connectivity index (χ1) is 10.5. The molecule has 0 saturated heterocycles. The van der Waals surface area contributed by atoms with Gasteiger partial charge in [-0.15, -0.1) is 0 Å². The molecule has 1 saturated carbocycles. The van der Waals surface area contributed by atoms with Crippen LogP contribution >= 0.6 is 0 Å². The highest BCUT2D eigenvalue weighted by Gasteiger charge is 2.34. The first-order valence-corrected chi connectivity index (χ1v) is 8.11. The molecule has 6 heteroatoms. The summed E-state index contributed by atoms with van der Waals surface area (Å²) in [5, 5.41) is 12.5. The Labute approximate surface area is 130 Å². The summed E-state index contributed by atoms with van der Waals surface area (Å²) in [5.41, 5.74) is 9.21. The van der Waals surface area contributed by atoms with E-state index in [2.05, 4.69) is 15.3 Å². The molecule has 1 amide bonds. The van der Waals surface area contributed by atoms with Gasteiger partial charge in [0, 0.05) is 23.3 Å². The summed E-state index contributed by atoms with van der Waals surface area (Å²) in [6, 6.07) is -0.294. The lowest BCUT2D eigenvalue weighted by Gasteiger charge is -2.18. The fourth-order valence-corrected chi connectivity index (χ4v) is 3.50. The van der Waals surface area contributed by atoms with Crippen LogP contribution in [-0.2, 0) is 24.2 Å². The second kappa shape index (κ2) is 6.30. The SMILES string of the molecule is Cc1nc(CNC(=O)[C@H]2C[C@@H](N)[C@H](O)C2)nc2c1CCCC2. The number of hydrogen-bond donors (Lipinski definition) is 3. The van der Waals surface area contributed by atoms with Crippen LogP contribution in [0.2, 0.25) is 0 Å². The van der Waals surface area contributed by atoms with Gasteiger partial charge in [0.2, 0.25) is 5.91 Å². The predicted octanol–water partition coefficient (Wildman–Crippen LogP) is 0.378. The van der Waals surface area contributed by atoms with Gasteiger partial charge in [-0.2, -0.15) is 0 Å². The first-order valence-electron chi connectivity index (χ1n) is 8.11. The minimum absolute atomic E-state index is 0.0639. The van der Waals surface area contributed by atoms with Crippen molar-refractivity contribution in [2.45, 2.75) is 64.1 Å². The molecule has 0 aromatic carbocycles. The molecule has 6 nitrogen and oxygen atoms in total. The molecule has 1 aromatic rings. The van der Waals surface area contributed by atoms with Gasteiger partial charge in [0.15, 0.2) is 0 Å². The summed E-state index contributed by atoms with van der Waals surface area (Å²) in [6.07, 6.45) is 4.85. The van der Waals surface area contributed by atoms with Crippen molar-refractivity contribution in [2.24, 2.45) is 11.7 Å². The molecule has 3 atom stereocenters. The Morgan fingerprint density at radius 3 is 2.82 bits per heavy atom. The molecule has 1 fully saturated rings. The minimum atomic E-state index is -0.571. The number of hydrogen-bond acceptors (Lipinski definition) is 5. The molecule has 2 aliphatic rings. The van der Waals surface area contributed by atoms with Gasteiger partial charge in [-0.3, -0.25) is 4.79 Å². The Morgan fingerprint density at radius 2 is 2.09 bits per heavy atom. The van der Waals surface area contributed by atoms with Crippen LogP contribution in [0.5, 0.6) is 0 Å². The van der Waals surface area contributed by atoms with Crippen molar-refractivity contribution in [3.8, 4) is 0 Å². The Morgan fingerprint density at radius 1 is 1.32 bits per heavy atom. The van der Waals surface area contributed by atoms with E-state index in [4.69, 9.17) is 5.73 Å². The van der Waals surface area contributed by atoms with Crippen LogP contribution in [0.4, 0.5) is 0 Å². The molecular weight excluding hydrogens is 280 g/mol. The summed E-state index contributed by atoms with van der Waals surface area (Å²) >= 11 is 0. The zero-order chi connectivity index (χ0) is 15.7.